The zero-order valence-electron chi connectivity index (χ0n) is 11.9. The number of aryl methyl sites for hydroxylation is 1. The van der Waals surface area contributed by atoms with Crippen molar-refractivity contribution in [2.45, 2.75) is 19.5 Å². The Kier molecular flexibility index (Phi) is 4.46. The number of halogens is 1. The molecule has 1 aromatic carbocycles. The van der Waals surface area contributed by atoms with E-state index in [1.54, 1.807) is 17.7 Å². The molecule has 0 fully saturated rings. The first-order chi connectivity index (χ1) is 9.52. The molecule has 5 nitrogen and oxygen atoms in total. The largest absolute Gasteiger partial charge is 0.394 e. The number of nitrogens with zero attached hydrogens (tertiary/aromatic N) is 4. The quantitative estimate of drug-likeness (QED) is 0.897. The Hall–Kier alpha value is -1.79. The van der Waals surface area contributed by atoms with Gasteiger partial charge in [0.2, 0.25) is 0 Å². The average molecular weight is 278 g/mol. The van der Waals surface area contributed by atoms with Gasteiger partial charge in [-0.25, -0.2) is 14.1 Å². The molecular formula is C14H19FN4O. The summed E-state index contributed by atoms with van der Waals surface area (Å²) in [7, 11) is 3.81. The van der Waals surface area contributed by atoms with Crippen LogP contribution >= 0.6 is 0 Å². The molecule has 1 N–H and O–H groups in total. The monoisotopic (exact) mass is 278 g/mol. The molecule has 1 heterocycles. The predicted octanol–water partition coefficient (Wildman–Crippen LogP) is 1.37. The number of hydrogen-bond donors (Lipinski definition) is 1. The van der Waals surface area contributed by atoms with Gasteiger partial charge >= 0.3 is 0 Å². The minimum atomic E-state index is -0.278. The first-order valence-electron chi connectivity index (χ1n) is 6.47. The van der Waals surface area contributed by atoms with Gasteiger partial charge in [0.25, 0.3) is 0 Å². The van der Waals surface area contributed by atoms with E-state index < -0.39 is 0 Å². The highest BCUT2D eigenvalue weighted by Gasteiger charge is 2.23. The highest BCUT2D eigenvalue weighted by Crippen LogP contribution is 2.25. The van der Waals surface area contributed by atoms with Crippen molar-refractivity contribution in [3.63, 3.8) is 0 Å². The van der Waals surface area contributed by atoms with E-state index in [0.717, 1.165) is 5.56 Å². The summed E-state index contributed by atoms with van der Waals surface area (Å²) in [6.45, 7) is 2.16. The molecule has 2 rings (SSSR count). The molecule has 0 bridgehead atoms. The van der Waals surface area contributed by atoms with Crippen LogP contribution in [0.25, 0.3) is 0 Å². The summed E-state index contributed by atoms with van der Waals surface area (Å²) < 4.78 is 15.1. The molecule has 0 amide bonds. The van der Waals surface area contributed by atoms with E-state index in [-0.39, 0.29) is 18.5 Å². The summed E-state index contributed by atoms with van der Waals surface area (Å²) in [5.41, 5.74) is 0.807. The van der Waals surface area contributed by atoms with Gasteiger partial charge in [0.15, 0.2) is 0 Å². The van der Waals surface area contributed by atoms with Crippen molar-refractivity contribution in [3.05, 3.63) is 47.3 Å². The molecule has 0 aliphatic heterocycles. The third kappa shape index (κ3) is 3.02. The fraction of sp³-hybridized carbons (Fsp3) is 0.429. The molecule has 6 heteroatoms. The van der Waals surface area contributed by atoms with E-state index in [2.05, 4.69) is 10.1 Å². The highest BCUT2D eigenvalue weighted by molar-refractivity contribution is 5.25. The average Bonchev–Trinajstić information content (AvgIpc) is 2.70. The van der Waals surface area contributed by atoms with Crippen LogP contribution in [0, 0.1) is 12.7 Å². The topological polar surface area (TPSA) is 54.2 Å². The van der Waals surface area contributed by atoms with Crippen LogP contribution in [0.1, 0.15) is 23.3 Å². The van der Waals surface area contributed by atoms with E-state index in [1.807, 2.05) is 25.1 Å². The number of aliphatic hydroxyl groups is 1. The zero-order valence-corrected chi connectivity index (χ0v) is 11.9. The van der Waals surface area contributed by atoms with Crippen LogP contribution in [-0.4, -0.2) is 45.5 Å². The number of aliphatic hydroxyl groups excluding tert-OH is 1. The van der Waals surface area contributed by atoms with E-state index in [4.69, 9.17) is 5.11 Å². The molecule has 0 aliphatic rings. The Morgan fingerprint density at radius 1 is 1.40 bits per heavy atom. The zero-order chi connectivity index (χ0) is 14.7. The number of hydrogen-bond acceptors (Lipinski definition) is 4. The lowest BCUT2D eigenvalue weighted by Gasteiger charge is -2.24. The molecule has 1 aromatic heterocycles. The predicted molar refractivity (Wildman–Crippen MR) is 73.8 cm³/mol. The standard InChI is InChI=1S/C14H19FN4O/c1-10-16-14(19(17-10)7-8-20)13(18(2)3)11-5-4-6-12(15)9-11/h4-6,9,13,20H,7-8H2,1-3H3/t13-/m0/s1. The van der Waals surface area contributed by atoms with Crippen LogP contribution in [0.2, 0.25) is 0 Å². The lowest BCUT2D eigenvalue weighted by atomic mass is 10.1. The molecule has 0 radical (unpaired) electrons. The van der Waals surface area contributed by atoms with Gasteiger partial charge in [0.05, 0.1) is 19.2 Å². The smallest absolute Gasteiger partial charge is 0.149 e. The van der Waals surface area contributed by atoms with Crippen LogP contribution in [0.5, 0.6) is 0 Å². The molecule has 0 aliphatic carbocycles. The molecule has 108 valence electrons. The Bertz CT molecular complexity index is 582. The first kappa shape index (κ1) is 14.6. The van der Waals surface area contributed by atoms with E-state index >= 15 is 0 Å². The second-order valence-electron chi connectivity index (χ2n) is 4.89. The minimum Gasteiger partial charge on any atom is -0.394 e. The molecular weight excluding hydrogens is 259 g/mol. The van der Waals surface area contributed by atoms with Crippen molar-refractivity contribution in [2.75, 3.05) is 20.7 Å². The van der Waals surface area contributed by atoms with Crippen LogP contribution in [-0.2, 0) is 6.54 Å². The van der Waals surface area contributed by atoms with Gasteiger partial charge in [0.1, 0.15) is 17.5 Å². The molecule has 0 saturated heterocycles. The summed E-state index contributed by atoms with van der Waals surface area (Å²) >= 11 is 0. The van der Waals surface area contributed by atoms with Gasteiger partial charge in [-0.15, -0.1) is 0 Å². The maximum absolute atomic E-state index is 13.5. The maximum atomic E-state index is 13.5. The first-order valence-corrected chi connectivity index (χ1v) is 6.47. The highest BCUT2D eigenvalue weighted by atomic mass is 19.1. The maximum Gasteiger partial charge on any atom is 0.149 e. The number of benzene rings is 1. The summed E-state index contributed by atoms with van der Waals surface area (Å²) in [6, 6.07) is 6.25. The van der Waals surface area contributed by atoms with E-state index in [9.17, 15) is 4.39 Å². The number of aromatic nitrogens is 3. The van der Waals surface area contributed by atoms with Crippen LogP contribution in [0.3, 0.4) is 0 Å². The van der Waals surface area contributed by atoms with Gasteiger partial charge in [0, 0.05) is 0 Å². The van der Waals surface area contributed by atoms with Gasteiger partial charge in [-0.1, -0.05) is 12.1 Å². The third-order valence-electron chi connectivity index (χ3n) is 3.04. The van der Waals surface area contributed by atoms with Crippen molar-refractivity contribution < 1.29 is 9.50 Å². The Morgan fingerprint density at radius 3 is 2.75 bits per heavy atom. The van der Waals surface area contributed by atoms with E-state index in [1.165, 1.54) is 12.1 Å². The third-order valence-corrected chi connectivity index (χ3v) is 3.04. The summed E-state index contributed by atoms with van der Waals surface area (Å²) in [6.07, 6.45) is 0. The van der Waals surface area contributed by atoms with Gasteiger partial charge in [-0.3, -0.25) is 4.90 Å². The summed E-state index contributed by atoms with van der Waals surface area (Å²) in [4.78, 5) is 6.38. The molecule has 0 unspecified atom stereocenters. The Balaban J connectivity index is 2.48. The van der Waals surface area contributed by atoms with Crippen molar-refractivity contribution in [1.29, 1.82) is 0 Å². The molecule has 20 heavy (non-hydrogen) atoms. The van der Waals surface area contributed by atoms with Crippen LogP contribution in [0.15, 0.2) is 24.3 Å². The fourth-order valence-corrected chi connectivity index (χ4v) is 2.29. The molecule has 0 saturated carbocycles. The van der Waals surface area contributed by atoms with Crippen LogP contribution < -0.4 is 0 Å². The van der Waals surface area contributed by atoms with Crippen molar-refractivity contribution in [2.24, 2.45) is 0 Å². The molecule has 1 atom stereocenters. The second kappa shape index (κ2) is 6.11. The Morgan fingerprint density at radius 2 is 2.15 bits per heavy atom. The van der Waals surface area contributed by atoms with Crippen LogP contribution in [0.4, 0.5) is 4.39 Å². The lowest BCUT2D eigenvalue weighted by molar-refractivity contribution is 0.256. The lowest BCUT2D eigenvalue weighted by Crippen LogP contribution is -2.25. The number of rotatable bonds is 5. The van der Waals surface area contributed by atoms with Crippen molar-refractivity contribution in [1.82, 2.24) is 19.7 Å². The van der Waals surface area contributed by atoms with E-state index in [0.29, 0.717) is 18.2 Å². The van der Waals surface area contributed by atoms with Gasteiger partial charge in [-0.2, -0.15) is 5.10 Å². The molecule has 0 spiro atoms. The SMILES string of the molecule is Cc1nc([C@H](c2cccc(F)c2)N(C)C)n(CCO)n1. The fourth-order valence-electron chi connectivity index (χ4n) is 2.29. The Labute approximate surface area is 117 Å². The van der Waals surface area contributed by atoms with Gasteiger partial charge in [-0.05, 0) is 38.7 Å². The van der Waals surface area contributed by atoms with Crippen molar-refractivity contribution >= 4 is 0 Å². The normalized spacial score (nSPS) is 12.9. The minimum absolute atomic E-state index is 0.0148. The second-order valence-corrected chi connectivity index (χ2v) is 4.89. The summed E-state index contributed by atoms with van der Waals surface area (Å²) in [5, 5.41) is 13.4. The molecule has 2 aromatic rings. The summed E-state index contributed by atoms with van der Waals surface area (Å²) in [5.74, 6) is 1.06. The van der Waals surface area contributed by atoms with Gasteiger partial charge < -0.3 is 5.11 Å². The van der Waals surface area contributed by atoms with Crippen molar-refractivity contribution in [3.8, 4) is 0 Å².